The van der Waals surface area contributed by atoms with Gasteiger partial charge < -0.3 is 11.1 Å². The Balaban J connectivity index is 1.64. The fourth-order valence-electron chi connectivity index (χ4n) is 3.34. The summed E-state index contributed by atoms with van der Waals surface area (Å²) < 4.78 is 1.68. The highest BCUT2D eigenvalue weighted by molar-refractivity contribution is 5.94. The number of carbonyl (C=O) groups is 1. The van der Waals surface area contributed by atoms with E-state index in [2.05, 4.69) is 20.6 Å². The third-order valence-corrected chi connectivity index (χ3v) is 5.24. The van der Waals surface area contributed by atoms with Crippen LogP contribution in [0.1, 0.15) is 35.9 Å². The van der Waals surface area contributed by atoms with Gasteiger partial charge in [-0.25, -0.2) is 4.68 Å². The van der Waals surface area contributed by atoms with Gasteiger partial charge in [-0.05, 0) is 56.9 Å². The Kier molecular flexibility index (Phi) is 3.96. The van der Waals surface area contributed by atoms with Crippen LogP contribution in [0.25, 0.3) is 16.6 Å². The second-order valence-corrected chi connectivity index (χ2v) is 7.17. The Hall–Kier alpha value is -2.80. The summed E-state index contributed by atoms with van der Waals surface area (Å²) in [6, 6.07) is 9.73. The van der Waals surface area contributed by atoms with Crippen molar-refractivity contribution in [2.45, 2.75) is 32.2 Å². The summed E-state index contributed by atoms with van der Waals surface area (Å²) >= 11 is 0. The zero-order valence-electron chi connectivity index (χ0n) is 14.9. The van der Waals surface area contributed by atoms with Gasteiger partial charge in [-0.3, -0.25) is 9.78 Å². The van der Waals surface area contributed by atoms with Crippen LogP contribution in [-0.2, 0) is 0 Å². The molecule has 1 aliphatic carbocycles. The van der Waals surface area contributed by atoms with Crippen molar-refractivity contribution >= 4 is 16.8 Å². The Labute approximate surface area is 151 Å². The summed E-state index contributed by atoms with van der Waals surface area (Å²) in [7, 11) is 0. The van der Waals surface area contributed by atoms with Crippen molar-refractivity contribution in [2.75, 3.05) is 6.54 Å². The maximum Gasteiger partial charge on any atom is 0.274 e. The van der Waals surface area contributed by atoms with Crippen LogP contribution in [0.5, 0.6) is 0 Å². The molecule has 3 N–H and O–H groups in total. The second-order valence-electron chi connectivity index (χ2n) is 7.17. The summed E-state index contributed by atoms with van der Waals surface area (Å²) in [6.45, 7) is 4.26. The average molecular weight is 350 g/mol. The van der Waals surface area contributed by atoms with Crippen LogP contribution >= 0.6 is 0 Å². The molecule has 1 aromatic carbocycles. The molecule has 1 amide bonds. The van der Waals surface area contributed by atoms with Gasteiger partial charge in [-0.1, -0.05) is 11.3 Å². The predicted octanol–water partition coefficient (Wildman–Crippen LogP) is 1.98. The monoisotopic (exact) mass is 350 g/mol. The molecule has 4 rings (SSSR count). The molecule has 0 spiro atoms. The van der Waals surface area contributed by atoms with E-state index in [1.54, 1.807) is 10.9 Å². The third-order valence-electron chi connectivity index (χ3n) is 5.24. The van der Waals surface area contributed by atoms with Crippen molar-refractivity contribution in [1.29, 1.82) is 0 Å². The fraction of sp³-hybridized carbons (Fsp3) is 0.368. The van der Waals surface area contributed by atoms with Gasteiger partial charge in [0.25, 0.3) is 5.91 Å². The number of pyridine rings is 1. The number of benzene rings is 1. The van der Waals surface area contributed by atoms with Crippen LogP contribution in [0.15, 0.2) is 36.5 Å². The minimum absolute atomic E-state index is 0.226. The third kappa shape index (κ3) is 2.84. The SMILES string of the molecule is Cc1c(C(=O)NC(C)(CN)C2CC2)nnn1-c1ccc2ncccc2c1. The molecular weight excluding hydrogens is 328 g/mol. The van der Waals surface area contributed by atoms with E-state index in [9.17, 15) is 4.79 Å². The number of nitrogens with one attached hydrogen (secondary N) is 1. The molecule has 26 heavy (non-hydrogen) atoms. The van der Waals surface area contributed by atoms with Crippen LogP contribution in [0.4, 0.5) is 0 Å². The highest BCUT2D eigenvalue weighted by atomic mass is 16.2. The van der Waals surface area contributed by atoms with Crippen molar-refractivity contribution in [3.63, 3.8) is 0 Å². The normalized spacial score (nSPS) is 16.4. The number of hydrogen-bond donors (Lipinski definition) is 2. The van der Waals surface area contributed by atoms with E-state index in [4.69, 9.17) is 5.73 Å². The van der Waals surface area contributed by atoms with Gasteiger partial charge in [-0.2, -0.15) is 0 Å². The van der Waals surface area contributed by atoms with E-state index < -0.39 is 0 Å². The second kappa shape index (κ2) is 6.17. The van der Waals surface area contributed by atoms with E-state index in [-0.39, 0.29) is 11.4 Å². The van der Waals surface area contributed by atoms with Crippen LogP contribution in [0, 0.1) is 12.8 Å². The molecular formula is C19H22N6O. The number of nitrogens with two attached hydrogens (primary N) is 1. The standard InChI is InChI=1S/C19H22N6O/c1-12-17(18(26)22-19(2,11-20)14-5-6-14)23-24-25(12)15-7-8-16-13(10-15)4-3-9-21-16/h3-4,7-10,14H,5-6,11,20H2,1-2H3,(H,22,26). The summed E-state index contributed by atoms with van der Waals surface area (Å²) in [4.78, 5) is 17.1. The number of amides is 1. The van der Waals surface area contributed by atoms with Gasteiger partial charge in [0.1, 0.15) is 0 Å². The predicted molar refractivity (Wildman–Crippen MR) is 99.0 cm³/mol. The van der Waals surface area contributed by atoms with Crippen molar-refractivity contribution < 1.29 is 4.79 Å². The van der Waals surface area contributed by atoms with E-state index in [0.29, 0.717) is 23.9 Å². The quantitative estimate of drug-likeness (QED) is 0.733. The van der Waals surface area contributed by atoms with Gasteiger partial charge in [0.05, 0.1) is 22.4 Å². The molecule has 134 valence electrons. The molecule has 0 bridgehead atoms. The molecule has 3 aromatic rings. The van der Waals surface area contributed by atoms with E-state index in [1.807, 2.05) is 44.2 Å². The minimum Gasteiger partial charge on any atom is -0.344 e. The van der Waals surface area contributed by atoms with E-state index in [1.165, 1.54) is 0 Å². The van der Waals surface area contributed by atoms with E-state index >= 15 is 0 Å². The molecule has 0 saturated heterocycles. The average Bonchev–Trinajstić information content (AvgIpc) is 3.44. The first-order chi connectivity index (χ1) is 12.5. The van der Waals surface area contributed by atoms with Crippen LogP contribution < -0.4 is 11.1 Å². The zero-order valence-corrected chi connectivity index (χ0v) is 14.9. The lowest BCUT2D eigenvalue weighted by Crippen LogP contribution is -2.53. The fourth-order valence-corrected chi connectivity index (χ4v) is 3.34. The molecule has 2 aromatic heterocycles. The Morgan fingerprint density at radius 2 is 2.19 bits per heavy atom. The topological polar surface area (TPSA) is 98.7 Å². The lowest BCUT2D eigenvalue weighted by molar-refractivity contribution is 0.0892. The van der Waals surface area contributed by atoms with Crippen LogP contribution in [0.2, 0.25) is 0 Å². The molecule has 1 fully saturated rings. The lowest BCUT2D eigenvalue weighted by atomic mass is 9.95. The van der Waals surface area contributed by atoms with Crippen molar-refractivity contribution in [3.8, 4) is 5.69 Å². The number of nitrogens with zero attached hydrogens (tertiary/aromatic N) is 4. The number of hydrogen-bond acceptors (Lipinski definition) is 5. The summed E-state index contributed by atoms with van der Waals surface area (Å²) in [5.74, 6) is 0.218. The molecule has 2 heterocycles. The van der Waals surface area contributed by atoms with Crippen molar-refractivity contribution in [1.82, 2.24) is 25.3 Å². The van der Waals surface area contributed by atoms with Crippen molar-refractivity contribution in [2.24, 2.45) is 11.7 Å². The molecule has 7 nitrogen and oxygen atoms in total. The molecule has 7 heteroatoms. The minimum atomic E-state index is -0.387. The zero-order chi connectivity index (χ0) is 18.3. The highest BCUT2D eigenvalue weighted by Gasteiger charge is 2.42. The number of aromatic nitrogens is 4. The van der Waals surface area contributed by atoms with Gasteiger partial charge in [0, 0.05) is 18.1 Å². The molecule has 0 aliphatic heterocycles. The number of fused-ring (bicyclic) bond motifs is 1. The molecule has 1 aliphatic rings. The van der Waals surface area contributed by atoms with Gasteiger partial charge in [0.2, 0.25) is 0 Å². The molecule has 1 atom stereocenters. The first-order valence-electron chi connectivity index (χ1n) is 8.82. The summed E-state index contributed by atoms with van der Waals surface area (Å²) in [6.07, 6.45) is 3.97. The maximum absolute atomic E-state index is 12.7. The molecule has 1 saturated carbocycles. The smallest absolute Gasteiger partial charge is 0.274 e. The van der Waals surface area contributed by atoms with Gasteiger partial charge in [-0.15, -0.1) is 5.10 Å². The number of carbonyl (C=O) groups excluding carboxylic acids is 1. The maximum atomic E-state index is 12.7. The van der Waals surface area contributed by atoms with E-state index in [0.717, 1.165) is 29.4 Å². The largest absolute Gasteiger partial charge is 0.344 e. The number of rotatable bonds is 5. The Morgan fingerprint density at radius 3 is 2.92 bits per heavy atom. The summed E-state index contributed by atoms with van der Waals surface area (Å²) in [5, 5.41) is 12.4. The first-order valence-corrected chi connectivity index (χ1v) is 8.82. The lowest BCUT2D eigenvalue weighted by Gasteiger charge is -2.29. The van der Waals surface area contributed by atoms with Gasteiger partial charge >= 0.3 is 0 Å². The first kappa shape index (κ1) is 16.7. The molecule has 0 radical (unpaired) electrons. The van der Waals surface area contributed by atoms with Crippen molar-refractivity contribution in [3.05, 3.63) is 47.9 Å². The molecule has 1 unspecified atom stereocenters. The highest BCUT2D eigenvalue weighted by Crippen LogP contribution is 2.39. The Bertz CT molecular complexity index is 977. The van der Waals surface area contributed by atoms with Crippen LogP contribution in [-0.4, -0.2) is 38.0 Å². The van der Waals surface area contributed by atoms with Crippen LogP contribution in [0.3, 0.4) is 0 Å². The summed E-state index contributed by atoms with van der Waals surface area (Å²) in [5.41, 5.74) is 8.30. The van der Waals surface area contributed by atoms with Gasteiger partial charge in [0.15, 0.2) is 5.69 Å². The Morgan fingerprint density at radius 1 is 1.38 bits per heavy atom.